The zero-order chi connectivity index (χ0) is 13.4. The Kier molecular flexibility index (Phi) is 6.33. The van der Waals surface area contributed by atoms with Crippen LogP contribution < -0.4 is 0 Å². The maximum Gasteiger partial charge on any atom is 0.141 e. The minimum Gasteiger partial charge on any atom is -0.383 e. The first kappa shape index (κ1) is 14.6. The molecular weight excluding hydrogens is 230 g/mol. The van der Waals surface area contributed by atoms with Crippen LogP contribution >= 0.6 is 0 Å². The van der Waals surface area contributed by atoms with Gasteiger partial charge >= 0.3 is 0 Å². The minimum absolute atomic E-state index is 0.294. The van der Waals surface area contributed by atoms with Crippen molar-refractivity contribution >= 4 is 0 Å². The fourth-order valence-corrected chi connectivity index (χ4v) is 1.72. The van der Waals surface area contributed by atoms with Crippen molar-refractivity contribution in [2.24, 2.45) is 0 Å². The van der Waals surface area contributed by atoms with Gasteiger partial charge in [0.15, 0.2) is 0 Å². The molecule has 0 radical (unpaired) electrons. The van der Waals surface area contributed by atoms with Crippen molar-refractivity contribution in [2.45, 2.75) is 32.9 Å². The highest BCUT2D eigenvalue weighted by Gasteiger charge is 2.12. The molecule has 1 heterocycles. The quantitative estimate of drug-likeness (QED) is 0.695. The van der Waals surface area contributed by atoms with Crippen molar-refractivity contribution < 1.29 is 4.74 Å². The SMILES string of the molecule is COCCN(CCC#N)Cc1ncnn1C(C)C. The highest BCUT2D eigenvalue weighted by Crippen LogP contribution is 2.08. The van der Waals surface area contributed by atoms with Gasteiger partial charge in [0.2, 0.25) is 0 Å². The fourth-order valence-electron chi connectivity index (χ4n) is 1.72. The number of ether oxygens (including phenoxy) is 1. The molecule has 1 rings (SSSR count). The molecule has 0 atom stereocenters. The molecule has 0 saturated carbocycles. The van der Waals surface area contributed by atoms with Gasteiger partial charge < -0.3 is 4.74 Å². The van der Waals surface area contributed by atoms with Gasteiger partial charge in [-0.05, 0) is 13.8 Å². The molecule has 1 aromatic rings. The van der Waals surface area contributed by atoms with Crippen molar-refractivity contribution in [1.29, 1.82) is 5.26 Å². The number of nitriles is 1. The first-order valence-electron chi connectivity index (χ1n) is 6.15. The van der Waals surface area contributed by atoms with Gasteiger partial charge in [0, 0.05) is 32.7 Å². The first-order valence-corrected chi connectivity index (χ1v) is 6.15. The summed E-state index contributed by atoms with van der Waals surface area (Å²) in [4.78, 5) is 6.44. The molecule has 0 N–H and O–H groups in total. The molecule has 0 aliphatic heterocycles. The minimum atomic E-state index is 0.294. The number of nitrogens with zero attached hydrogens (tertiary/aromatic N) is 5. The highest BCUT2D eigenvalue weighted by molar-refractivity contribution is 4.87. The summed E-state index contributed by atoms with van der Waals surface area (Å²) in [5, 5.41) is 12.9. The second kappa shape index (κ2) is 7.80. The third kappa shape index (κ3) is 4.43. The van der Waals surface area contributed by atoms with E-state index in [0.29, 0.717) is 25.6 Å². The van der Waals surface area contributed by atoms with Crippen LogP contribution in [0, 0.1) is 11.3 Å². The van der Waals surface area contributed by atoms with Crippen LogP contribution in [0.4, 0.5) is 0 Å². The van der Waals surface area contributed by atoms with Crippen LogP contribution in [0.3, 0.4) is 0 Å². The van der Waals surface area contributed by atoms with Crippen LogP contribution in [0.25, 0.3) is 0 Å². The van der Waals surface area contributed by atoms with Gasteiger partial charge in [0.05, 0.1) is 19.2 Å². The summed E-state index contributed by atoms with van der Waals surface area (Å²) in [7, 11) is 1.68. The second-order valence-corrected chi connectivity index (χ2v) is 4.39. The van der Waals surface area contributed by atoms with E-state index in [2.05, 4.69) is 34.9 Å². The molecule has 0 bridgehead atoms. The maximum absolute atomic E-state index is 8.67. The van der Waals surface area contributed by atoms with Gasteiger partial charge in [0.25, 0.3) is 0 Å². The summed E-state index contributed by atoms with van der Waals surface area (Å²) in [6.07, 6.45) is 2.09. The molecular formula is C12H21N5O. The van der Waals surface area contributed by atoms with Gasteiger partial charge in [-0.1, -0.05) is 0 Å². The van der Waals surface area contributed by atoms with E-state index in [9.17, 15) is 0 Å². The molecule has 0 aromatic carbocycles. The summed E-state index contributed by atoms with van der Waals surface area (Å²) in [6, 6.07) is 2.46. The summed E-state index contributed by atoms with van der Waals surface area (Å²) < 4.78 is 6.99. The molecule has 0 fully saturated rings. The molecule has 100 valence electrons. The van der Waals surface area contributed by atoms with Crippen LogP contribution in [0.1, 0.15) is 32.1 Å². The van der Waals surface area contributed by atoms with E-state index in [1.807, 2.05) is 4.68 Å². The van der Waals surface area contributed by atoms with Crippen LogP contribution in [0.15, 0.2) is 6.33 Å². The monoisotopic (exact) mass is 251 g/mol. The number of methoxy groups -OCH3 is 1. The number of hydrogen-bond donors (Lipinski definition) is 0. The van der Waals surface area contributed by atoms with E-state index >= 15 is 0 Å². The lowest BCUT2D eigenvalue weighted by molar-refractivity contribution is 0.142. The summed E-state index contributed by atoms with van der Waals surface area (Å²) in [5.74, 6) is 0.930. The lowest BCUT2D eigenvalue weighted by Crippen LogP contribution is -2.29. The Balaban J connectivity index is 2.63. The normalized spacial score (nSPS) is 11.1. The van der Waals surface area contributed by atoms with Gasteiger partial charge in [0.1, 0.15) is 12.2 Å². The Morgan fingerprint density at radius 3 is 2.89 bits per heavy atom. The molecule has 0 aliphatic rings. The van der Waals surface area contributed by atoms with Crippen molar-refractivity contribution in [1.82, 2.24) is 19.7 Å². The van der Waals surface area contributed by atoms with Gasteiger partial charge in [-0.3, -0.25) is 4.90 Å². The molecule has 6 nitrogen and oxygen atoms in total. The Hall–Kier alpha value is -1.45. The Labute approximate surface area is 108 Å². The standard InChI is InChI=1S/C12H21N5O/c1-11(2)17-12(14-10-15-17)9-16(6-4-5-13)7-8-18-3/h10-11H,4,6-9H2,1-3H3. The number of rotatable bonds is 8. The third-order valence-electron chi connectivity index (χ3n) is 2.65. The van der Waals surface area contributed by atoms with Crippen LogP contribution in [0.2, 0.25) is 0 Å². The topological polar surface area (TPSA) is 67.0 Å². The van der Waals surface area contributed by atoms with E-state index < -0.39 is 0 Å². The Morgan fingerprint density at radius 1 is 1.50 bits per heavy atom. The molecule has 0 amide bonds. The zero-order valence-corrected chi connectivity index (χ0v) is 11.3. The molecule has 0 saturated heterocycles. The van der Waals surface area contributed by atoms with E-state index in [-0.39, 0.29) is 0 Å². The molecule has 0 spiro atoms. The first-order chi connectivity index (χ1) is 8.69. The van der Waals surface area contributed by atoms with E-state index in [0.717, 1.165) is 18.9 Å². The predicted octanol–water partition coefficient (Wildman–Crippen LogP) is 1.22. The second-order valence-electron chi connectivity index (χ2n) is 4.39. The average Bonchev–Trinajstić information content (AvgIpc) is 2.80. The smallest absolute Gasteiger partial charge is 0.141 e. The maximum atomic E-state index is 8.67. The molecule has 18 heavy (non-hydrogen) atoms. The molecule has 0 aliphatic carbocycles. The van der Waals surface area contributed by atoms with Crippen molar-refractivity contribution in [2.75, 3.05) is 26.8 Å². The van der Waals surface area contributed by atoms with E-state index in [1.54, 1.807) is 13.4 Å². The van der Waals surface area contributed by atoms with Gasteiger partial charge in [-0.15, -0.1) is 0 Å². The zero-order valence-electron chi connectivity index (χ0n) is 11.3. The average molecular weight is 251 g/mol. The molecule has 0 unspecified atom stereocenters. The summed E-state index contributed by atoms with van der Waals surface area (Å²) >= 11 is 0. The van der Waals surface area contributed by atoms with Crippen molar-refractivity contribution in [3.63, 3.8) is 0 Å². The van der Waals surface area contributed by atoms with Crippen LogP contribution in [-0.2, 0) is 11.3 Å². The third-order valence-corrected chi connectivity index (χ3v) is 2.65. The number of hydrogen-bond acceptors (Lipinski definition) is 5. The van der Waals surface area contributed by atoms with Gasteiger partial charge in [-0.25, -0.2) is 9.67 Å². The Bertz CT molecular complexity index is 382. The molecule has 6 heteroatoms. The van der Waals surface area contributed by atoms with Gasteiger partial charge in [-0.2, -0.15) is 10.4 Å². The fraction of sp³-hybridized carbons (Fsp3) is 0.750. The van der Waals surface area contributed by atoms with Crippen LogP contribution in [-0.4, -0.2) is 46.5 Å². The molecule has 1 aromatic heterocycles. The lowest BCUT2D eigenvalue weighted by atomic mass is 10.3. The van der Waals surface area contributed by atoms with E-state index in [1.165, 1.54) is 0 Å². The Morgan fingerprint density at radius 2 is 2.28 bits per heavy atom. The highest BCUT2D eigenvalue weighted by atomic mass is 16.5. The number of aromatic nitrogens is 3. The van der Waals surface area contributed by atoms with E-state index in [4.69, 9.17) is 10.00 Å². The van der Waals surface area contributed by atoms with Crippen LogP contribution in [0.5, 0.6) is 0 Å². The lowest BCUT2D eigenvalue weighted by Gasteiger charge is -2.21. The summed E-state index contributed by atoms with van der Waals surface area (Å²) in [6.45, 7) is 7.03. The largest absolute Gasteiger partial charge is 0.383 e. The van der Waals surface area contributed by atoms with Crippen molar-refractivity contribution in [3.8, 4) is 6.07 Å². The van der Waals surface area contributed by atoms with Crippen molar-refractivity contribution in [3.05, 3.63) is 12.2 Å². The predicted molar refractivity (Wildman–Crippen MR) is 67.8 cm³/mol. The summed E-state index contributed by atoms with van der Waals surface area (Å²) in [5.41, 5.74) is 0.